The lowest BCUT2D eigenvalue weighted by atomic mass is 10.1. The summed E-state index contributed by atoms with van der Waals surface area (Å²) in [7, 11) is 1.87. The Kier molecular flexibility index (Phi) is 3.82. The number of rotatable bonds is 5. The van der Waals surface area contributed by atoms with E-state index in [1.54, 1.807) is 6.07 Å². The number of nitrogens with one attached hydrogen (secondary N) is 1. The third-order valence-electron chi connectivity index (χ3n) is 2.35. The number of nitrogens with zero attached hydrogens (tertiary/aromatic N) is 2. The van der Waals surface area contributed by atoms with E-state index < -0.39 is 0 Å². The molecule has 90 valence electrons. The van der Waals surface area contributed by atoms with Crippen molar-refractivity contribution in [2.75, 3.05) is 13.6 Å². The first-order chi connectivity index (χ1) is 8.28. The van der Waals surface area contributed by atoms with E-state index in [9.17, 15) is 4.39 Å². The second-order valence-corrected chi connectivity index (χ2v) is 3.76. The van der Waals surface area contributed by atoms with Crippen LogP contribution >= 0.6 is 0 Å². The molecule has 2 aromatic rings. The van der Waals surface area contributed by atoms with Gasteiger partial charge in [0.25, 0.3) is 0 Å². The van der Waals surface area contributed by atoms with Crippen LogP contribution in [0.4, 0.5) is 4.39 Å². The third-order valence-corrected chi connectivity index (χ3v) is 2.35. The van der Waals surface area contributed by atoms with Crippen LogP contribution in [-0.2, 0) is 12.8 Å². The lowest BCUT2D eigenvalue weighted by molar-refractivity contribution is 0.379. The quantitative estimate of drug-likeness (QED) is 0.854. The SMILES string of the molecule is CNCCc1noc(Cc2cccc(F)c2)n1. The predicted octanol–water partition coefficient (Wildman–Crippen LogP) is 1.56. The van der Waals surface area contributed by atoms with Crippen LogP contribution in [0.5, 0.6) is 0 Å². The van der Waals surface area contributed by atoms with Crippen LogP contribution in [0.25, 0.3) is 0 Å². The van der Waals surface area contributed by atoms with Crippen molar-refractivity contribution in [2.24, 2.45) is 0 Å². The molecule has 0 aliphatic carbocycles. The van der Waals surface area contributed by atoms with Gasteiger partial charge in [0.1, 0.15) is 5.82 Å². The minimum atomic E-state index is -0.252. The maximum Gasteiger partial charge on any atom is 0.231 e. The molecule has 0 atom stereocenters. The summed E-state index contributed by atoms with van der Waals surface area (Å²) in [6.07, 6.45) is 1.19. The number of hydrogen-bond donors (Lipinski definition) is 1. The first kappa shape index (κ1) is 11.7. The molecule has 0 aliphatic heterocycles. The summed E-state index contributed by atoms with van der Waals surface area (Å²) >= 11 is 0. The molecule has 0 amide bonds. The van der Waals surface area contributed by atoms with Crippen molar-refractivity contribution in [1.82, 2.24) is 15.5 Å². The van der Waals surface area contributed by atoms with Crippen molar-refractivity contribution in [3.8, 4) is 0 Å². The van der Waals surface area contributed by atoms with Crippen LogP contribution in [0, 0.1) is 5.82 Å². The Morgan fingerprint density at radius 1 is 1.41 bits per heavy atom. The molecular weight excluding hydrogens is 221 g/mol. The van der Waals surface area contributed by atoms with E-state index in [0.717, 1.165) is 18.5 Å². The van der Waals surface area contributed by atoms with Crippen LogP contribution in [0.3, 0.4) is 0 Å². The average molecular weight is 235 g/mol. The summed E-state index contributed by atoms with van der Waals surface area (Å²) in [4.78, 5) is 4.23. The van der Waals surface area contributed by atoms with Gasteiger partial charge in [-0.3, -0.25) is 0 Å². The molecule has 0 bridgehead atoms. The zero-order valence-corrected chi connectivity index (χ0v) is 9.61. The average Bonchev–Trinajstić information content (AvgIpc) is 2.74. The van der Waals surface area contributed by atoms with E-state index in [1.807, 2.05) is 13.1 Å². The van der Waals surface area contributed by atoms with Gasteiger partial charge in [-0.25, -0.2) is 4.39 Å². The van der Waals surface area contributed by atoms with Gasteiger partial charge in [0, 0.05) is 13.0 Å². The number of aromatic nitrogens is 2. The van der Waals surface area contributed by atoms with Gasteiger partial charge < -0.3 is 9.84 Å². The van der Waals surface area contributed by atoms with E-state index in [0.29, 0.717) is 18.1 Å². The molecular formula is C12H14FN3O. The Bertz CT molecular complexity index is 484. The Hall–Kier alpha value is -1.75. The van der Waals surface area contributed by atoms with Crippen molar-refractivity contribution < 1.29 is 8.91 Å². The summed E-state index contributed by atoms with van der Waals surface area (Å²) in [6.45, 7) is 0.805. The van der Waals surface area contributed by atoms with Crippen molar-refractivity contribution in [1.29, 1.82) is 0 Å². The summed E-state index contributed by atoms with van der Waals surface area (Å²) < 4.78 is 18.1. The Labute approximate surface area is 98.8 Å². The molecule has 0 fully saturated rings. The van der Waals surface area contributed by atoms with Crippen molar-refractivity contribution in [3.63, 3.8) is 0 Å². The molecule has 1 N–H and O–H groups in total. The molecule has 2 rings (SSSR count). The predicted molar refractivity (Wildman–Crippen MR) is 61.1 cm³/mol. The topological polar surface area (TPSA) is 51.0 Å². The zero-order valence-electron chi connectivity index (χ0n) is 9.61. The van der Waals surface area contributed by atoms with Gasteiger partial charge in [-0.05, 0) is 24.7 Å². The standard InChI is InChI=1S/C12H14FN3O/c1-14-6-5-11-15-12(17-16-11)8-9-3-2-4-10(13)7-9/h2-4,7,14H,5-6,8H2,1H3. The third kappa shape index (κ3) is 3.35. The second kappa shape index (κ2) is 5.54. The number of benzene rings is 1. The van der Waals surface area contributed by atoms with Crippen LogP contribution in [0.1, 0.15) is 17.3 Å². The number of hydrogen-bond acceptors (Lipinski definition) is 4. The van der Waals surface area contributed by atoms with E-state index in [1.165, 1.54) is 12.1 Å². The number of likely N-dealkylation sites (N-methyl/N-ethyl adjacent to an activating group) is 1. The lowest BCUT2D eigenvalue weighted by Crippen LogP contribution is -2.11. The normalized spacial score (nSPS) is 10.7. The van der Waals surface area contributed by atoms with E-state index in [4.69, 9.17) is 4.52 Å². The Balaban J connectivity index is 2.01. The van der Waals surface area contributed by atoms with Gasteiger partial charge in [0.15, 0.2) is 5.82 Å². The van der Waals surface area contributed by atoms with Crippen LogP contribution < -0.4 is 5.32 Å². The fraction of sp³-hybridized carbons (Fsp3) is 0.333. The highest BCUT2D eigenvalue weighted by Gasteiger charge is 2.07. The molecule has 0 saturated carbocycles. The molecule has 0 aliphatic rings. The van der Waals surface area contributed by atoms with E-state index in [-0.39, 0.29) is 5.82 Å². The largest absolute Gasteiger partial charge is 0.339 e. The van der Waals surface area contributed by atoms with Gasteiger partial charge in [-0.2, -0.15) is 4.98 Å². The zero-order chi connectivity index (χ0) is 12.1. The van der Waals surface area contributed by atoms with Gasteiger partial charge in [-0.15, -0.1) is 0 Å². The fourth-order valence-electron chi connectivity index (χ4n) is 1.52. The van der Waals surface area contributed by atoms with Crippen LogP contribution in [-0.4, -0.2) is 23.7 Å². The highest BCUT2D eigenvalue weighted by molar-refractivity contribution is 5.19. The monoisotopic (exact) mass is 235 g/mol. The minimum absolute atomic E-state index is 0.252. The first-order valence-corrected chi connectivity index (χ1v) is 5.48. The maximum atomic E-state index is 13.0. The summed E-state index contributed by atoms with van der Waals surface area (Å²) in [5.41, 5.74) is 0.828. The van der Waals surface area contributed by atoms with Gasteiger partial charge >= 0.3 is 0 Å². The smallest absolute Gasteiger partial charge is 0.231 e. The summed E-state index contributed by atoms with van der Waals surface area (Å²) in [5.74, 6) is 0.935. The van der Waals surface area contributed by atoms with Crippen molar-refractivity contribution in [3.05, 3.63) is 47.4 Å². The lowest BCUT2D eigenvalue weighted by Gasteiger charge is -1.95. The maximum absolute atomic E-state index is 13.0. The van der Waals surface area contributed by atoms with Gasteiger partial charge in [-0.1, -0.05) is 17.3 Å². The van der Waals surface area contributed by atoms with Crippen LogP contribution in [0.15, 0.2) is 28.8 Å². The first-order valence-electron chi connectivity index (χ1n) is 5.48. The van der Waals surface area contributed by atoms with E-state index >= 15 is 0 Å². The van der Waals surface area contributed by atoms with Crippen molar-refractivity contribution in [2.45, 2.75) is 12.8 Å². The minimum Gasteiger partial charge on any atom is -0.339 e. The molecule has 1 aromatic carbocycles. The molecule has 0 unspecified atom stereocenters. The second-order valence-electron chi connectivity index (χ2n) is 3.76. The molecule has 1 heterocycles. The molecule has 1 aromatic heterocycles. The van der Waals surface area contributed by atoms with Gasteiger partial charge in [0.2, 0.25) is 5.89 Å². The molecule has 17 heavy (non-hydrogen) atoms. The molecule has 0 spiro atoms. The van der Waals surface area contributed by atoms with E-state index in [2.05, 4.69) is 15.5 Å². The molecule has 5 heteroatoms. The summed E-state index contributed by atoms with van der Waals surface area (Å²) in [6, 6.07) is 6.39. The Morgan fingerprint density at radius 2 is 2.29 bits per heavy atom. The molecule has 0 saturated heterocycles. The highest BCUT2D eigenvalue weighted by atomic mass is 19.1. The van der Waals surface area contributed by atoms with Crippen molar-refractivity contribution >= 4 is 0 Å². The van der Waals surface area contributed by atoms with Gasteiger partial charge in [0.05, 0.1) is 6.42 Å². The fourth-order valence-corrected chi connectivity index (χ4v) is 1.52. The van der Waals surface area contributed by atoms with Crippen LogP contribution in [0.2, 0.25) is 0 Å². The number of halogens is 1. The summed E-state index contributed by atoms with van der Waals surface area (Å²) in [5, 5.41) is 6.86. The molecule has 4 nitrogen and oxygen atoms in total. The highest BCUT2D eigenvalue weighted by Crippen LogP contribution is 2.09. The Morgan fingerprint density at radius 3 is 3.06 bits per heavy atom. The molecule has 0 radical (unpaired) electrons.